The molecule has 0 saturated carbocycles. The van der Waals surface area contributed by atoms with E-state index in [1.165, 1.54) is 0 Å². The minimum atomic E-state index is 0.166. The lowest BCUT2D eigenvalue weighted by Gasteiger charge is -2.33. The van der Waals surface area contributed by atoms with Crippen molar-refractivity contribution in [1.29, 1.82) is 0 Å². The standard InChI is InChI=1S/C13H27N3O/c1-6-16(10(2)9-15(4)5)13(17)12-7-8-14-11(12)3/h10-12,14H,6-9H2,1-5H3. The zero-order valence-corrected chi connectivity index (χ0v) is 11.9. The van der Waals surface area contributed by atoms with Gasteiger partial charge in [-0.15, -0.1) is 0 Å². The topological polar surface area (TPSA) is 35.6 Å². The van der Waals surface area contributed by atoms with E-state index in [4.69, 9.17) is 0 Å². The maximum atomic E-state index is 12.5. The third-order valence-corrected chi connectivity index (χ3v) is 3.63. The van der Waals surface area contributed by atoms with Gasteiger partial charge >= 0.3 is 0 Å². The number of amides is 1. The molecule has 1 rings (SSSR count). The summed E-state index contributed by atoms with van der Waals surface area (Å²) in [6, 6.07) is 0.610. The van der Waals surface area contributed by atoms with E-state index in [1.54, 1.807) is 0 Å². The molecular formula is C13H27N3O. The highest BCUT2D eigenvalue weighted by Gasteiger charge is 2.33. The van der Waals surface area contributed by atoms with Crippen molar-refractivity contribution in [2.75, 3.05) is 33.7 Å². The van der Waals surface area contributed by atoms with E-state index in [-0.39, 0.29) is 12.0 Å². The number of hydrogen-bond donors (Lipinski definition) is 1. The normalized spacial score (nSPS) is 26.2. The molecule has 0 spiro atoms. The molecule has 4 heteroatoms. The molecule has 0 aromatic heterocycles. The van der Waals surface area contributed by atoms with Crippen LogP contribution in [-0.2, 0) is 4.79 Å². The SMILES string of the molecule is CCN(C(=O)C1CCNC1C)C(C)CN(C)C. The quantitative estimate of drug-likeness (QED) is 0.773. The van der Waals surface area contributed by atoms with Crippen molar-refractivity contribution in [2.45, 2.75) is 39.3 Å². The Morgan fingerprint density at radius 1 is 1.47 bits per heavy atom. The molecule has 3 unspecified atom stereocenters. The number of carbonyl (C=O) groups excluding carboxylic acids is 1. The second-order valence-electron chi connectivity index (χ2n) is 5.37. The molecule has 0 bridgehead atoms. The second-order valence-corrected chi connectivity index (χ2v) is 5.37. The van der Waals surface area contributed by atoms with Crippen LogP contribution < -0.4 is 5.32 Å². The van der Waals surface area contributed by atoms with E-state index in [0.29, 0.717) is 11.9 Å². The van der Waals surface area contributed by atoms with Crippen LogP contribution in [0.4, 0.5) is 0 Å². The summed E-state index contributed by atoms with van der Waals surface area (Å²) in [6.45, 7) is 9.01. The fourth-order valence-electron chi connectivity index (χ4n) is 2.72. The van der Waals surface area contributed by atoms with Crippen molar-refractivity contribution in [1.82, 2.24) is 15.1 Å². The molecule has 1 aliphatic heterocycles. The molecule has 1 amide bonds. The third kappa shape index (κ3) is 3.68. The van der Waals surface area contributed by atoms with Crippen molar-refractivity contribution in [3.05, 3.63) is 0 Å². The van der Waals surface area contributed by atoms with Crippen molar-refractivity contribution < 1.29 is 4.79 Å². The number of nitrogens with one attached hydrogen (secondary N) is 1. The Kier molecular flexibility index (Phi) is 5.40. The van der Waals surface area contributed by atoms with Crippen LogP contribution in [0, 0.1) is 5.92 Å². The highest BCUT2D eigenvalue weighted by atomic mass is 16.2. The van der Waals surface area contributed by atoms with Crippen molar-refractivity contribution in [3.8, 4) is 0 Å². The third-order valence-electron chi connectivity index (χ3n) is 3.63. The van der Waals surface area contributed by atoms with Crippen LogP contribution in [0.5, 0.6) is 0 Å². The van der Waals surface area contributed by atoms with Gasteiger partial charge in [0.25, 0.3) is 0 Å². The van der Waals surface area contributed by atoms with Crippen LogP contribution in [0.25, 0.3) is 0 Å². The van der Waals surface area contributed by atoms with E-state index in [0.717, 1.165) is 26.1 Å². The molecular weight excluding hydrogens is 214 g/mol. The van der Waals surface area contributed by atoms with Crippen LogP contribution in [-0.4, -0.2) is 61.5 Å². The Bertz CT molecular complexity index is 255. The largest absolute Gasteiger partial charge is 0.339 e. The molecule has 1 saturated heterocycles. The molecule has 100 valence electrons. The summed E-state index contributed by atoms with van der Waals surface area (Å²) < 4.78 is 0. The first-order valence-electron chi connectivity index (χ1n) is 6.66. The van der Waals surface area contributed by atoms with Crippen LogP contribution >= 0.6 is 0 Å². The molecule has 0 aromatic carbocycles. The summed E-state index contributed by atoms with van der Waals surface area (Å²) in [5.74, 6) is 0.485. The van der Waals surface area contributed by atoms with Gasteiger partial charge in [-0.25, -0.2) is 0 Å². The first-order valence-corrected chi connectivity index (χ1v) is 6.66. The maximum Gasteiger partial charge on any atom is 0.227 e. The van der Waals surface area contributed by atoms with Crippen molar-refractivity contribution in [3.63, 3.8) is 0 Å². The number of nitrogens with zero attached hydrogens (tertiary/aromatic N) is 2. The summed E-state index contributed by atoms with van der Waals surface area (Å²) in [6.07, 6.45) is 0.977. The fraction of sp³-hybridized carbons (Fsp3) is 0.923. The fourth-order valence-corrected chi connectivity index (χ4v) is 2.72. The highest BCUT2D eigenvalue weighted by Crippen LogP contribution is 2.19. The molecule has 3 atom stereocenters. The molecule has 1 aliphatic rings. The van der Waals surface area contributed by atoms with E-state index in [9.17, 15) is 4.79 Å². The summed E-state index contributed by atoms with van der Waals surface area (Å²) in [5, 5.41) is 3.35. The lowest BCUT2D eigenvalue weighted by atomic mass is 9.99. The summed E-state index contributed by atoms with van der Waals surface area (Å²) in [7, 11) is 4.10. The smallest absolute Gasteiger partial charge is 0.227 e. The predicted octanol–water partition coefficient (Wildman–Crippen LogP) is 0.783. The zero-order valence-electron chi connectivity index (χ0n) is 11.9. The van der Waals surface area contributed by atoms with E-state index >= 15 is 0 Å². The van der Waals surface area contributed by atoms with E-state index in [2.05, 4.69) is 45.1 Å². The first kappa shape index (κ1) is 14.5. The Labute approximate surface area is 105 Å². The van der Waals surface area contributed by atoms with E-state index in [1.807, 2.05) is 4.90 Å². The van der Waals surface area contributed by atoms with Crippen LogP contribution in [0.15, 0.2) is 0 Å². The number of rotatable bonds is 5. The molecule has 1 heterocycles. The molecule has 17 heavy (non-hydrogen) atoms. The second kappa shape index (κ2) is 6.36. The molecule has 1 fully saturated rings. The number of likely N-dealkylation sites (N-methyl/N-ethyl adjacent to an activating group) is 2. The average molecular weight is 241 g/mol. The minimum Gasteiger partial charge on any atom is -0.339 e. The lowest BCUT2D eigenvalue weighted by molar-refractivity contribution is -0.137. The minimum absolute atomic E-state index is 0.166. The van der Waals surface area contributed by atoms with Crippen LogP contribution in [0.3, 0.4) is 0 Å². The van der Waals surface area contributed by atoms with Gasteiger partial charge in [-0.2, -0.15) is 0 Å². The van der Waals surface area contributed by atoms with Crippen molar-refractivity contribution >= 4 is 5.91 Å². The summed E-state index contributed by atoms with van der Waals surface area (Å²) >= 11 is 0. The van der Waals surface area contributed by atoms with E-state index < -0.39 is 0 Å². The number of carbonyl (C=O) groups is 1. The first-order chi connectivity index (χ1) is 7.97. The highest BCUT2D eigenvalue weighted by molar-refractivity contribution is 5.80. The Morgan fingerprint density at radius 3 is 2.53 bits per heavy atom. The van der Waals surface area contributed by atoms with Gasteiger partial charge in [0.2, 0.25) is 5.91 Å². The van der Waals surface area contributed by atoms with Gasteiger partial charge in [0.15, 0.2) is 0 Å². The van der Waals surface area contributed by atoms with Gasteiger partial charge in [0.05, 0.1) is 5.92 Å². The Morgan fingerprint density at radius 2 is 2.12 bits per heavy atom. The lowest BCUT2D eigenvalue weighted by Crippen LogP contribution is -2.48. The van der Waals surface area contributed by atoms with Gasteiger partial charge in [0, 0.05) is 25.2 Å². The predicted molar refractivity (Wildman–Crippen MR) is 71.0 cm³/mol. The van der Waals surface area contributed by atoms with Gasteiger partial charge in [-0.3, -0.25) is 4.79 Å². The Balaban J connectivity index is 2.62. The van der Waals surface area contributed by atoms with Crippen LogP contribution in [0.1, 0.15) is 27.2 Å². The van der Waals surface area contributed by atoms with Gasteiger partial charge in [-0.1, -0.05) is 0 Å². The summed E-state index contributed by atoms with van der Waals surface area (Å²) in [4.78, 5) is 16.6. The molecule has 0 aromatic rings. The summed E-state index contributed by atoms with van der Waals surface area (Å²) in [5.41, 5.74) is 0. The number of hydrogen-bond acceptors (Lipinski definition) is 3. The molecule has 1 N–H and O–H groups in total. The zero-order chi connectivity index (χ0) is 13.0. The van der Waals surface area contributed by atoms with Gasteiger partial charge < -0.3 is 15.1 Å². The maximum absolute atomic E-state index is 12.5. The van der Waals surface area contributed by atoms with Gasteiger partial charge in [-0.05, 0) is 47.8 Å². The van der Waals surface area contributed by atoms with Crippen molar-refractivity contribution in [2.24, 2.45) is 5.92 Å². The van der Waals surface area contributed by atoms with Gasteiger partial charge in [0.1, 0.15) is 0 Å². The average Bonchev–Trinajstić information content (AvgIpc) is 2.64. The molecule has 0 radical (unpaired) electrons. The molecule has 0 aliphatic carbocycles. The molecule has 4 nitrogen and oxygen atoms in total. The Hall–Kier alpha value is -0.610. The van der Waals surface area contributed by atoms with Crippen LogP contribution in [0.2, 0.25) is 0 Å². The monoisotopic (exact) mass is 241 g/mol.